The molecule has 156 valence electrons. The number of piperidine rings is 1. The number of fused-ring (bicyclic) bond motifs is 1. The van der Waals surface area contributed by atoms with Crippen LogP contribution in [0.4, 0.5) is 4.79 Å². The Kier molecular flexibility index (Phi) is 5.87. The molecule has 8 heteroatoms. The van der Waals surface area contributed by atoms with Gasteiger partial charge in [-0.2, -0.15) is 5.10 Å². The Morgan fingerprint density at radius 1 is 1.07 bits per heavy atom. The predicted octanol–water partition coefficient (Wildman–Crippen LogP) is 1.10. The van der Waals surface area contributed by atoms with Gasteiger partial charge < -0.3 is 15.1 Å². The lowest BCUT2D eigenvalue weighted by atomic mass is 10.0. The summed E-state index contributed by atoms with van der Waals surface area (Å²) in [6.07, 6.45) is 4.34. The van der Waals surface area contributed by atoms with Gasteiger partial charge in [-0.05, 0) is 53.1 Å². The third-order valence-electron chi connectivity index (χ3n) is 6.64. The van der Waals surface area contributed by atoms with Crippen molar-refractivity contribution in [2.45, 2.75) is 71.1 Å². The van der Waals surface area contributed by atoms with Crippen LogP contribution in [0.5, 0.6) is 0 Å². The van der Waals surface area contributed by atoms with Gasteiger partial charge >= 0.3 is 6.03 Å². The number of rotatable bonds is 3. The Balaban J connectivity index is 1.21. The van der Waals surface area contributed by atoms with E-state index < -0.39 is 0 Å². The maximum absolute atomic E-state index is 12.7. The normalized spacial score (nSPS) is 25.1. The lowest BCUT2D eigenvalue weighted by molar-refractivity contribution is 0.0597. The molecule has 3 aliphatic heterocycles. The molecular formula is C20H35N7O. The van der Waals surface area contributed by atoms with Crippen LogP contribution >= 0.6 is 0 Å². The van der Waals surface area contributed by atoms with Crippen molar-refractivity contribution in [3.63, 3.8) is 0 Å². The van der Waals surface area contributed by atoms with Crippen LogP contribution in [-0.2, 0) is 13.0 Å². The van der Waals surface area contributed by atoms with Gasteiger partial charge in [0.1, 0.15) is 11.6 Å². The number of amides is 2. The maximum atomic E-state index is 12.7. The van der Waals surface area contributed by atoms with Crippen molar-refractivity contribution in [2.75, 3.05) is 39.3 Å². The minimum Gasteiger partial charge on any atom is -0.333 e. The highest BCUT2D eigenvalue weighted by Gasteiger charge is 2.30. The fourth-order valence-electron chi connectivity index (χ4n) is 4.88. The second-order valence-electron chi connectivity index (χ2n) is 8.83. The fraction of sp³-hybridized carbons (Fsp3) is 0.850. The number of carbonyl (C=O) groups is 1. The molecule has 0 spiro atoms. The van der Waals surface area contributed by atoms with Crippen LogP contribution in [0, 0.1) is 6.92 Å². The van der Waals surface area contributed by atoms with E-state index in [2.05, 4.69) is 39.0 Å². The van der Waals surface area contributed by atoms with Crippen molar-refractivity contribution in [1.82, 2.24) is 34.8 Å². The molecular weight excluding hydrogens is 354 g/mol. The van der Waals surface area contributed by atoms with Gasteiger partial charge in [-0.25, -0.2) is 14.5 Å². The first-order valence-corrected chi connectivity index (χ1v) is 10.9. The zero-order chi connectivity index (χ0) is 19.7. The van der Waals surface area contributed by atoms with Crippen molar-refractivity contribution in [2.24, 2.45) is 0 Å². The molecule has 0 saturated carbocycles. The highest BCUT2D eigenvalue weighted by atomic mass is 16.2. The average molecular weight is 390 g/mol. The summed E-state index contributed by atoms with van der Waals surface area (Å²) in [7, 11) is 0. The van der Waals surface area contributed by atoms with Crippen LogP contribution in [-0.4, -0.2) is 92.9 Å². The molecule has 0 aromatic carbocycles. The van der Waals surface area contributed by atoms with E-state index in [1.807, 2.05) is 16.5 Å². The van der Waals surface area contributed by atoms with Crippen LogP contribution in [0.15, 0.2) is 0 Å². The van der Waals surface area contributed by atoms with Crippen molar-refractivity contribution < 1.29 is 4.79 Å². The molecule has 28 heavy (non-hydrogen) atoms. The highest BCUT2D eigenvalue weighted by Crippen LogP contribution is 2.20. The monoisotopic (exact) mass is 389 g/mol. The summed E-state index contributed by atoms with van der Waals surface area (Å²) in [5.74, 6) is 1.86. The Morgan fingerprint density at radius 2 is 1.79 bits per heavy atom. The predicted molar refractivity (Wildman–Crippen MR) is 108 cm³/mol. The highest BCUT2D eigenvalue weighted by molar-refractivity contribution is 5.74. The smallest absolute Gasteiger partial charge is 0.317 e. The third kappa shape index (κ3) is 4.33. The summed E-state index contributed by atoms with van der Waals surface area (Å²) in [5.41, 5.74) is 0. The van der Waals surface area contributed by atoms with Gasteiger partial charge in [0.2, 0.25) is 0 Å². The van der Waals surface area contributed by atoms with Crippen LogP contribution < -0.4 is 5.32 Å². The number of piperazine rings is 1. The Hall–Kier alpha value is -1.67. The number of urea groups is 1. The topological polar surface area (TPSA) is 69.5 Å². The molecule has 0 radical (unpaired) electrons. The summed E-state index contributed by atoms with van der Waals surface area (Å²) in [6, 6.07) is 1.57. The van der Waals surface area contributed by atoms with Gasteiger partial charge in [0.05, 0.1) is 12.6 Å². The quantitative estimate of drug-likeness (QED) is 0.838. The maximum Gasteiger partial charge on any atom is 0.317 e. The van der Waals surface area contributed by atoms with Crippen molar-refractivity contribution in [3.05, 3.63) is 11.6 Å². The van der Waals surface area contributed by atoms with E-state index in [9.17, 15) is 4.79 Å². The second-order valence-corrected chi connectivity index (χ2v) is 8.83. The molecule has 1 unspecified atom stereocenters. The van der Waals surface area contributed by atoms with E-state index in [1.165, 1.54) is 25.9 Å². The summed E-state index contributed by atoms with van der Waals surface area (Å²) < 4.78 is 1.95. The Bertz CT molecular complexity index is 672. The van der Waals surface area contributed by atoms with Crippen LogP contribution in [0.25, 0.3) is 0 Å². The van der Waals surface area contributed by atoms with Crippen LogP contribution in [0.2, 0.25) is 0 Å². The molecule has 8 nitrogen and oxygen atoms in total. The number of nitrogens with zero attached hydrogens (tertiary/aromatic N) is 6. The number of aromatic nitrogens is 3. The van der Waals surface area contributed by atoms with Gasteiger partial charge in [-0.3, -0.25) is 4.90 Å². The number of carbonyl (C=O) groups excluding carboxylic acids is 1. The van der Waals surface area contributed by atoms with Crippen LogP contribution in [0.3, 0.4) is 0 Å². The Morgan fingerprint density at radius 3 is 2.46 bits per heavy atom. The summed E-state index contributed by atoms with van der Waals surface area (Å²) in [5, 5.41) is 7.65. The molecule has 1 atom stereocenters. The SMILES string of the molecule is Cc1nc2n(n1)CC(NC(=O)N1CCN(C3CCN(C(C)C)CC3)CC1)CC2. The molecule has 0 bridgehead atoms. The van der Waals surface area contributed by atoms with Crippen LogP contribution in [0.1, 0.15) is 44.8 Å². The average Bonchev–Trinajstić information content (AvgIpc) is 3.07. The van der Waals surface area contributed by atoms with E-state index in [-0.39, 0.29) is 12.1 Å². The molecule has 4 heterocycles. The molecule has 1 aromatic heterocycles. The van der Waals surface area contributed by atoms with Crippen molar-refractivity contribution >= 4 is 6.03 Å². The molecule has 0 aliphatic carbocycles. The van der Waals surface area contributed by atoms with Gasteiger partial charge in [0, 0.05) is 44.7 Å². The van der Waals surface area contributed by atoms with Gasteiger partial charge in [0.25, 0.3) is 0 Å². The summed E-state index contributed by atoms with van der Waals surface area (Å²) in [4.78, 5) is 24.3. The van der Waals surface area contributed by atoms with E-state index in [1.54, 1.807) is 0 Å². The van der Waals surface area contributed by atoms with Gasteiger partial charge in [-0.15, -0.1) is 0 Å². The molecule has 2 saturated heterocycles. The molecule has 2 amide bonds. The van der Waals surface area contributed by atoms with E-state index >= 15 is 0 Å². The van der Waals surface area contributed by atoms with E-state index in [4.69, 9.17) is 0 Å². The summed E-state index contributed by atoms with van der Waals surface area (Å²) >= 11 is 0. The number of hydrogen-bond donors (Lipinski definition) is 1. The lowest BCUT2D eigenvalue weighted by Gasteiger charge is -2.43. The first-order chi connectivity index (χ1) is 13.5. The Labute approximate surface area is 168 Å². The first kappa shape index (κ1) is 19.6. The minimum atomic E-state index is 0.0829. The third-order valence-corrected chi connectivity index (χ3v) is 6.64. The zero-order valence-electron chi connectivity index (χ0n) is 17.6. The van der Waals surface area contributed by atoms with Gasteiger partial charge in [0.15, 0.2) is 0 Å². The van der Waals surface area contributed by atoms with Crippen molar-refractivity contribution in [3.8, 4) is 0 Å². The molecule has 1 aromatic rings. The van der Waals surface area contributed by atoms with E-state index in [0.29, 0.717) is 12.1 Å². The standard InChI is InChI=1S/C20H35N7O/c1-15(2)24-8-6-18(7-9-24)25-10-12-26(13-11-25)20(28)22-17-4-5-19-21-16(3)23-27(19)14-17/h15,17-18H,4-14H2,1-3H3,(H,22,28). The lowest BCUT2D eigenvalue weighted by Crippen LogP contribution is -2.57. The molecule has 3 aliphatic rings. The van der Waals surface area contributed by atoms with Crippen molar-refractivity contribution in [1.29, 1.82) is 0 Å². The zero-order valence-corrected chi connectivity index (χ0v) is 17.6. The molecule has 1 N–H and O–H groups in total. The first-order valence-electron chi connectivity index (χ1n) is 10.9. The number of aryl methyl sites for hydroxylation is 2. The van der Waals surface area contributed by atoms with E-state index in [0.717, 1.165) is 57.2 Å². The number of likely N-dealkylation sites (tertiary alicyclic amines) is 1. The minimum absolute atomic E-state index is 0.0829. The fourth-order valence-corrected chi connectivity index (χ4v) is 4.88. The van der Waals surface area contributed by atoms with Gasteiger partial charge in [-0.1, -0.05) is 0 Å². The summed E-state index contributed by atoms with van der Waals surface area (Å²) in [6.45, 7) is 13.3. The number of hydrogen-bond acceptors (Lipinski definition) is 5. The molecule has 2 fully saturated rings. The second kappa shape index (κ2) is 8.37. The number of nitrogens with one attached hydrogen (secondary N) is 1. The largest absolute Gasteiger partial charge is 0.333 e. The molecule has 4 rings (SSSR count).